The normalized spacial score (nSPS) is 13.9. The fourth-order valence-electron chi connectivity index (χ4n) is 2.46. The van der Waals surface area contributed by atoms with E-state index in [2.05, 4.69) is 37.7 Å². The predicted molar refractivity (Wildman–Crippen MR) is 86.9 cm³/mol. The second kappa shape index (κ2) is 7.21. The highest BCUT2D eigenvalue weighted by Crippen LogP contribution is 2.22. The van der Waals surface area contributed by atoms with Crippen molar-refractivity contribution in [2.45, 2.75) is 46.5 Å². The van der Waals surface area contributed by atoms with E-state index in [1.807, 2.05) is 6.07 Å². The minimum atomic E-state index is -0.540. The quantitative estimate of drug-likeness (QED) is 0.437. The fourth-order valence-corrected chi connectivity index (χ4v) is 2.46. The summed E-state index contributed by atoms with van der Waals surface area (Å²) in [5.41, 5.74) is 4.56. The van der Waals surface area contributed by atoms with Crippen molar-refractivity contribution in [2.75, 3.05) is 0 Å². The highest BCUT2D eigenvalue weighted by molar-refractivity contribution is 6.14. The third-order valence-corrected chi connectivity index (χ3v) is 3.73. The number of ether oxygens (including phenoxy) is 1. The lowest BCUT2D eigenvalue weighted by molar-refractivity contribution is 0.0444. The number of rotatable bonds is 6. The van der Waals surface area contributed by atoms with Crippen LogP contribution in [0.25, 0.3) is 0 Å². The first-order chi connectivity index (χ1) is 10.5. The fraction of sp³-hybridized carbons (Fsp3) is 0.368. The molecule has 1 aromatic carbocycles. The second-order valence-corrected chi connectivity index (χ2v) is 5.97. The zero-order valence-corrected chi connectivity index (χ0v) is 13.4. The van der Waals surface area contributed by atoms with Crippen LogP contribution in [0.1, 0.15) is 66.3 Å². The third-order valence-electron chi connectivity index (χ3n) is 3.73. The summed E-state index contributed by atoms with van der Waals surface area (Å²) in [6.45, 7) is 6.38. The molecule has 0 aromatic heterocycles. The highest BCUT2D eigenvalue weighted by Gasteiger charge is 2.29. The molecule has 0 aliphatic carbocycles. The van der Waals surface area contributed by atoms with Crippen LogP contribution in [0.5, 0.6) is 0 Å². The van der Waals surface area contributed by atoms with Gasteiger partial charge in [-0.3, -0.25) is 0 Å². The van der Waals surface area contributed by atoms with E-state index >= 15 is 0 Å². The van der Waals surface area contributed by atoms with Gasteiger partial charge >= 0.3 is 11.9 Å². The van der Waals surface area contributed by atoms with Gasteiger partial charge in [0.15, 0.2) is 0 Å². The zero-order valence-electron chi connectivity index (χ0n) is 13.4. The minimum absolute atomic E-state index is 0.377. The number of aryl methyl sites for hydroxylation is 1. The van der Waals surface area contributed by atoms with Gasteiger partial charge in [0, 0.05) is 0 Å². The number of hydrogen-bond donors (Lipinski definition) is 0. The Hall–Kier alpha value is -2.16. The maximum Gasteiger partial charge on any atom is 0.346 e. The van der Waals surface area contributed by atoms with Crippen molar-refractivity contribution in [2.24, 2.45) is 0 Å². The first kappa shape index (κ1) is 16.2. The van der Waals surface area contributed by atoms with Crippen molar-refractivity contribution in [1.29, 1.82) is 0 Å². The van der Waals surface area contributed by atoms with Crippen molar-refractivity contribution < 1.29 is 14.3 Å². The molecule has 0 fully saturated rings. The molecule has 0 saturated carbocycles. The zero-order chi connectivity index (χ0) is 16.1. The van der Waals surface area contributed by atoms with Gasteiger partial charge in [0.05, 0.1) is 11.1 Å². The van der Waals surface area contributed by atoms with Crippen LogP contribution in [0.2, 0.25) is 0 Å². The molecular formula is C19H22O3. The molecule has 1 aliphatic heterocycles. The number of benzene rings is 1. The molecule has 0 unspecified atom stereocenters. The molecule has 0 bridgehead atoms. The van der Waals surface area contributed by atoms with Crippen LogP contribution in [0.4, 0.5) is 0 Å². The van der Waals surface area contributed by atoms with E-state index in [-0.39, 0.29) is 0 Å². The van der Waals surface area contributed by atoms with Gasteiger partial charge in [-0.2, -0.15) is 0 Å². The van der Waals surface area contributed by atoms with Crippen LogP contribution < -0.4 is 0 Å². The van der Waals surface area contributed by atoms with E-state index in [9.17, 15) is 9.59 Å². The molecular weight excluding hydrogens is 276 g/mol. The minimum Gasteiger partial charge on any atom is -0.386 e. The summed E-state index contributed by atoms with van der Waals surface area (Å²) < 4.78 is 4.60. The Morgan fingerprint density at radius 1 is 1.00 bits per heavy atom. The Morgan fingerprint density at radius 2 is 1.73 bits per heavy atom. The van der Waals surface area contributed by atoms with Crippen molar-refractivity contribution in [3.05, 3.63) is 58.2 Å². The lowest BCUT2D eigenvalue weighted by Crippen LogP contribution is -1.97. The van der Waals surface area contributed by atoms with Crippen LogP contribution >= 0.6 is 0 Å². The van der Waals surface area contributed by atoms with Crippen LogP contribution in [-0.4, -0.2) is 11.9 Å². The molecule has 0 spiro atoms. The molecule has 1 aromatic rings. The number of allylic oxidation sites excluding steroid dienone is 4. The largest absolute Gasteiger partial charge is 0.386 e. The van der Waals surface area contributed by atoms with Crippen LogP contribution in [0, 0.1) is 0 Å². The van der Waals surface area contributed by atoms with Crippen molar-refractivity contribution in [3.63, 3.8) is 0 Å². The predicted octanol–water partition coefficient (Wildman–Crippen LogP) is 4.62. The van der Waals surface area contributed by atoms with Crippen LogP contribution in [-0.2, 0) is 11.2 Å². The number of carbonyl (C=O) groups is 2. The first-order valence-electron chi connectivity index (χ1n) is 7.66. The smallest absolute Gasteiger partial charge is 0.346 e. The summed E-state index contributed by atoms with van der Waals surface area (Å²) in [6.07, 6.45) is 8.45. The van der Waals surface area contributed by atoms with Gasteiger partial charge < -0.3 is 4.74 Å². The third kappa shape index (κ3) is 4.17. The first-order valence-corrected chi connectivity index (χ1v) is 7.66. The van der Waals surface area contributed by atoms with E-state index in [1.54, 1.807) is 12.1 Å². The van der Waals surface area contributed by atoms with Gasteiger partial charge in [-0.05, 0) is 64.2 Å². The number of hydrogen-bond acceptors (Lipinski definition) is 3. The summed E-state index contributed by atoms with van der Waals surface area (Å²) in [7, 11) is 0. The Balaban J connectivity index is 1.90. The summed E-state index contributed by atoms with van der Waals surface area (Å²) >= 11 is 0. The van der Waals surface area contributed by atoms with Crippen LogP contribution in [0.15, 0.2) is 41.5 Å². The molecule has 2 rings (SSSR count). The molecule has 1 heterocycles. The van der Waals surface area contributed by atoms with Gasteiger partial charge in [-0.1, -0.05) is 29.4 Å². The molecule has 3 nitrogen and oxygen atoms in total. The van der Waals surface area contributed by atoms with Crippen molar-refractivity contribution in [3.8, 4) is 0 Å². The van der Waals surface area contributed by atoms with E-state index in [1.165, 1.54) is 11.1 Å². The summed E-state index contributed by atoms with van der Waals surface area (Å²) in [5.74, 6) is -1.07. The van der Waals surface area contributed by atoms with E-state index in [4.69, 9.17) is 0 Å². The van der Waals surface area contributed by atoms with Crippen molar-refractivity contribution >= 4 is 11.9 Å². The van der Waals surface area contributed by atoms with Gasteiger partial charge in [0.2, 0.25) is 0 Å². The van der Waals surface area contributed by atoms with Gasteiger partial charge in [-0.25, -0.2) is 9.59 Å². The van der Waals surface area contributed by atoms with Gasteiger partial charge in [0.25, 0.3) is 0 Å². The number of fused-ring (bicyclic) bond motifs is 1. The Labute approximate surface area is 131 Å². The number of cyclic esters (lactones) is 2. The summed E-state index contributed by atoms with van der Waals surface area (Å²) in [6, 6.07) is 5.35. The maximum absolute atomic E-state index is 11.5. The Bertz CT molecular complexity index is 647. The SMILES string of the molecule is CC(C)=CCCC(C)=CCCc1ccc2c(c1)C(=O)OC2=O. The molecule has 1 aliphatic rings. The van der Waals surface area contributed by atoms with Gasteiger partial charge in [0.1, 0.15) is 0 Å². The van der Waals surface area contributed by atoms with E-state index < -0.39 is 11.9 Å². The molecule has 0 radical (unpaired) electrons. The van der Waals surface area contributed by atoms with Crippen LogP contribution in [0.3, 0.4) is 0 Å². The lowest BCUT2D eigenvalue weighted by atomic mass is 10.0. The molecule has 116 valence electrons. The molecule has 0 amide bonds. The standard InChI is InChI=1S/C19H22O3/c1-13(2)6-4-7-14(3)8-5-9-15-10-11-16-17(12-15)19(21)22-18(16)20/h6,8,10-12H,4-5,7,9H2,1-3H3. The Morgan fingerprint density at radius 3 is 2.45 bits per heavy atom. The van der Waals surface area contributed by atoms with E-state index in [0.717, 1.165) is 31.2 Å². The lowest BCUT2D eigenvalue weighted by Gasteiger charge is -2.02. The highest BCUT2D eigenvalue weighted by atomic mass is 16.6. The summed E-state index contributed by atoms with van der Waals surface area (Å²) in [5, 5.41) is 0. The average molecular weight is 298 g/mol. The molecule has 0 saturated heterocycles. The second-order valence-electron chi connectivity index (χ2n) is 5.97. The maximum atomic E-state index is 11.5. The van der Waals surface area contributed by atoms with Crippen molar-refractivity contribution in [1.82, 2.24) is 0 Å². The molecule has 22 heavy (non-hydrogen) atoms. The van der Waals surface area contributed by atoms with E-state index in [0.29, 0.717) is 11.1 Å². The van der Waals surface area contributed by atoms with Gasteiger partial charge in [-0.15, -0.1) is 0 Å². The molecule has 0 atom stereocenters. The average Bonchev–Trinajstić information content (AvgIpc) is 2.73. The Kier molecular flexibility index (Phi) is 5.31. The number of carbonyl (C=O) groups excluding carboxylic acids is 2. The monoisotopic (exact) mass is 298 g/mol. The molecule has 0 N–H and O–H groups in total. The number of esters is 2. The molecule has 3 heteroatoms. The topological polar surface area (TPSA) is 43.4 Å². The summed E-state index contributed by atoms with van der Waals surface area (Å²) in [4.78, 5) is 22.9.